The molecule has 132 valence electrons. The van der Waals surface area contributed by atoms with E-state index in [4.69, 9.17) is 4.74 Å². The zero-order valence-electron chi connectivity index (χ0n) is 15.3. The van der Waals surface area contributed by atoms with Crippen molar-refractivity contribution in [1.29, 1.82) is 0 Å². The Balaban J connectivity index is 1.52. The van der Waals surface area contributed by atoms with Crippen molar-refractivity contribution in [2.75, 3.05) is 0 Å². The molecule has 1 aromatic carbocycles. The van der Waals surface area contributed by atoms with E-state index in [9.17, 15) is 4.79 Å². The summed E-state index contributed by atoms with van der Waals surface area (Å²) in [4.78, 5) is 12.4. The van der Waals surface area contributed by atoms with Gasteiger partial charge in [-0.25, -0.2) is 4.79 Å². The van der Waals surface area contributed by atoms with Crippen LogP contribution < -0.4 is 0 Å². The van der Waals surface area contributed by atoms with Crippen molar-refractivity contribution in [3.05, 3.63) is 35.4 Å². The molecule has 0 heterocycles. The summed E-state index contributed by atoms with van der Waals surface area (Å²) in [5.41, 5.74) is 2.10. The van der Waals surface area contributed by atoms with Gasteiger partial charge in [0.1, 0.15) is 6.10 Å². The fourth-order valence-electron chi connectivity index (χ4n) is 4.36. The Morgan fingerprint density at radius 1 is 0.958 bits per heavy atom. The van der Waals surface area contributed by atoms with Gasteiger partial charge in [-0.3, -0.25) is 0 Å². The van der Waals surface area contributed by atoms with Gasteiger partial charge in [0, 0.05) is 0 Å². The number of carbonyl (C=O) groups is 1. The highest BCUT2D eigenvalue weighted by Gasteiger charge is 2.24. The van der Waals surface area contributed by atoms with Gasteiger partial charge in [0.15, 0.2) is 0 Å². The van der Waals surface area contributed by atoms with E-state index < -0.39 is 0 Å². The van der Waals surface area contributed by atoms with Crippen molar-refractivity contribution in [2.45, 2.75) is 83.7 Å². The van der Waals surface area contributed by atoms with Crippen LogP contribution >= 0.6 is 0 Å². The van der Waals surface area contributed by atoms with E-state index in [-0.39, 0.29) is 12.1 Å². The van der Waals surface area contributed by atoms with Gasteiger partial charge < -0.3 is 4.74 Å². The van der Waals surface area contributed by atoms with Gasteiger partial charge in [0.25, 0.3) is 0 Å². The zero-order valence-corrected chi connectivity index (χ0v) is 15.3. The quantitative estimate of drug-likeness (QED) is 0.624. The number of ether oxygens (including phenoxy) is 1. The van der Waals surface area contributed by atoms with Gasteiger partial charge >= 0.3 is 5.97 Å². The molecule has 0 N–H and O–H groups in total. The predicted molar refractivity (Wildman–Crippen MR) is 98.3 cm³/mol. The number of carbonyl (C=O) groups excluding carboxylic acids is 1. The van der Waals surface area contributed by atoms with Crippen LogP contribution in [0.1, 0.15) is 93.5 Å². The van der Waals surface area contributed by atoms with Gasteiger partial charge in [-0.1, -0.05) is 45.2 Å². The van der Waals surface area contributed by atoms with Crippen molar-refractivity contribution < 1.29 is 9.53 Å². The van der Waals surface area contributed by atoms with Gasteiger partial charge in [-0.2, -0.15) is 0 Å². The average molecular weight is 328 g/mol. The van der Waals surface area contributed by atoms with E-state index in [0.29, 0.717) is 11.5 Å². The largest absolute Gasteiger partial charge is 0.459 e. The molecule has 2 saturated carbocycles. The lowest BCUT2D eigenvalue weighted by Crippen LogP contribution is -2.24. The molecule has 24 heavy (non-hydrogen) atoms. The molecule has 0 atom stereocenters. The molecule has 3 rings (SSSR count). The Morgan fingerprint density at radius 3 is 2.17 bits per heavy atom. The molecule has 2 heteroatoms. The SMILES string of the molecule is CCC1CCC(OC(=O)c2ccc(C3CCC(C)CC3)cc2)CC1. The molecule has 2 aliphatic rings. The molecular weight excluding hydrogens is 296 g/mol. The topological polar surface area (TPSA) is 26.3 Å². The highest BCUT2D eigenvalue weighted by atomic mass is 16.5. The van der Waals surface area contributed by atoms with E-state index >= 15 is 0 Å². The van der Waals surface area contributed by atoms with Crippen molar-refractivity contribution in [3.8, 4) is 0 Å². The van der Waals surface area contributed by atoms with Gasteiger partial charge in [0.2, 0.25) is 0 Å². The van der Waals surface area contributed by atoms with Gasteiger partial charge in [-0.15, -0.1) is 0 Å². The fourth-order valence-corrected chi connectivity index (χ4v) is 4.36. The summed E-state index contributed by atoms with van der Waals surface area (Å²) in [6, 6.07) is 8.22. The van der Waals surface area contributed by atoms with E-state index in [1.54, 1.807) is 0 Å². The lowest BCUT2D eigenvalue weighted by molar-refractivity contribution is 0.0164. The maximum absolute atomic E-state index is 12.4. The summed E-state index contributed by atoms with van der Waals surface area (Å²) < 4.78 is 5.73. The monoisotopic (exact) mass is 328 g/mol. The maximum atomic E-state index is 12.4. The second kappa shape index (κ2) is 8.18. The van der Waals surface area contributed by atoms with E-state index in [2.05, 4.69) is 26.0 Å². The summed E-state index contributed by atoms with van der Waals surface area (Å²) in [5, 5.41) is 0. The minimum atomic E-state index is -0.140. The summed E-state index contributed by atoms with van der Waals surface area (Å²) in [6.07, 6.45) is 11.1. The Labute approximate surface area is 147 Å². The molecule has 0 saturated heterocycles. The first-order valence-electron chi connectivity index (χ1n) is 9.96. The first-order chi connectivity index (χ1) is 11.7. The van der Waals surface area contributed by atoms with Crippen LogP contribution in [-0.2, 0) is 4.74 Å². The molecule has 0 spiro atoms. The molecule has 0 unspecified atom stereocenters. The first-order valence-corrected chi connectivity index (χ1v) is 9.96. The summed E-state index contributed by atoms with van der Waals surface area (Å²) in [6.45, 7) is 4.61. The molecule has 0 aromatic heterocycles. The third-order valence-corrected chi connectivity index (χ3v) is 6.28. The molecule has 2 aliphatic carbocycles. The maximum Gasteiger partial charge on any atom is 0.338 e. The molecule has 2 fully saturated rings. The van der Waals surface area contributed by atoms with E-state index in [1.165, 1.54) is 50.5 Å². The minimum absolute atomic E-state index is 0.125. The van der Waals surface area contributed by atoms with Crippen LogP contribution in [0, 0.1) is 11.8 Å². The van der Waals surface area contributed by atoms with Crippen LogP contribution in [0.2, 0.25) is 0 Å². The predicted octanol–water partition coefficient (Wildman–Crippen LogP) is 6.11. The van der Waals surface area contributed by atoms with Crippen LogP contribution in [0.5, 0.6) is 0 Å². The summed E-state index contributed by atoms with van der Waals surface area (Å²) in [7, 11) is 0. The van der Waals surface area contributed by atoms with Crippen LogP contribution in [0.25, 0.3) is 0 Å². The second-order valence-corrected chi connectivity index (χ2v) is 8.04. The van der Waals surface area contributed by atoms with E-state index in [0.717, 1.165) is 24.7 Å². The Morgan fingerprint density at radius 2 is 1.58 bits per heavy atom. The molecule has 0 amide bonds. The smallest absolute Gasteiger partial charge is 0.338 e. The van der Waals surface area contributed by atoms with Gasteiger partial charge in [-0.05, 0) is 74.0 Å². The Bertz CT molecular complexity index is 517. The minimum Gasteiger partial charge on any atom is -0.459 e. The molecule has 0 radical (unpaired) electrons. The molecule has 2 nitrogen and oxygen atoms in total. The first kappa shape index (κ1) is 17.5. The lowest BCUT2D eigenvalue weighted by Gasteiger charge is -2.28. The molecule has 0 aliphatic heterocycles. The van der Waals surface area contributed by atoms with Crippen LogP contribution in [-0.4, -0.2) is 12.1 Å². The molecule has 1 aromatic rings. The van der Waals surface area contributed by atoms with Crippen LogP contribution in [0.4, 0.5) is 0 Å². The van der Waals surface area contributed by atoms with Crippen LogP contribution in [0.15, 0.2) is 24.3 Å². The van der Waals surface area contributed by atoms with Crippen molar-refractivity contribution in [1.82, 2.24) is 0 Å². The van der Waals surface area contributed by atoms with Crippen LogP contribution in [0.3, 0.4) is 0 Å². The standard InChI is InChI=1S/C22H32O2/c1-3-17-6-14-21(15-7-17)24-22(23)20-12-10-19(11-13-20)18-8-4-16(2)5-9-18/h10-13,16-18,21H,3-9,14-15H2,1-2H3. The fraction of sp³-hybridized carbons (Fsp3) is 0.682. The second-order valence-electron chi connectivity index (χ2n) is 8.04. The Kier molecular flexibility index (Phi) is 5.97. The number of benzene rings is 1. The average Bonchev–Trinajstić information content (AvgIpc) is 2.63. The molecule has 0 bridgehead atoms. The number of hydrogen-bond donors (Lipinski definition) is 0. The highest BCUT2D eigenvalue weighted by Crippen LogP contribution is 2.35. The highest BCUT2D eigenvalue weighted by molar-refractivity contribution is 5.89. The zero-order chi connectivity index (χ0) is 16.9. The Hall–Kier alpha value is -1.31. The molecular formula is C22H32O2. The van der Waals surface area contributed by atoms with Crippen molar-refractivity contribution in [2.24, 2.45) is 11.8 Å². The third-order valence-electron chi connectivity index (χ3n) is 6.28. The van der Waals surface area contributed by atoms with Gasteiger partial charge in [0.05, 0.1) is 5.56 Å². The van der Waals surface area contributed by atoms with E-state index in [1.807, 2.05) is 12.1 Å². The normalized spacial score (nSPS) is 30.8. The lowest BCUT2D eigenvalue weighted by atomic mass is 9.79. The third kappa shape index (κ3) is 4.40. The van der Waals surface area contributed by atoms with Crippen molar-refractivity contribution >= 4 is 5.97 Å². The van der Waals surface area contributed by atoms with Crippen molar-refractivity contribution in [3.63, 3.8) is 0 Å². The summed E-state index contributed by atoms with van der Waals surface area (Å²) >= 11 is 0. The summed E-state index contributed by atoms with van der Waals surface area (Å²) in [5.74, 6) is 2.24. The number of hydrogen-bond acceptors (Lipinski definition) is 2. The number of esters is 1. The number of rotatable bonds is 4.